The average molecular weight is 420 g/mol. The van der Waals surface area contributed by atoms with Gasteiger partial charge in [-0.2, -0.15) is 0 Å². The number of likely N-dealkylation sites (tertiary alicyclic amines) is 1. The minimum absolute atomic E-state index is 0.0916. The van der Waals surface area contributed by atoms with Crippen LogP contribution in [0, 0.1) is 16.0 Å². The molecule has 164 valence electrons. The molecule has 0 aliphatic carbocycles. The predicted octanol–water partition coefficient (Wildman–Crippen LogP) is 0.490. The number of non-ortho nitro benzene ring substituents is 1. The van der Waals surface area contributed by atoms with E-state index in [4.69, 9.17) is 4.74 Å². The lowest BCUT2D eigenvalue weighted by Gasteiger charge is -2.38. The summed E-state index contributed by atoms with van der Waals surface area (Å²) >= 11 is 0. The number of nitro groups is 1. The number of nitrogens with one attached hydrogen (secondary N) is 1. The molecule has 2 aliphatic heterocycles. The van der Waals surface area contributed by atoms with E-state index in [2.05, 4.69) is 4.90 Å². The lowest BCUT2D eigenvalue weighted by Crippen LogP contribution is -3.19. The maximum absolute atomic E-state index is 13.0. The monoisotopic (exact) mass is 419 g/mol. The zero-order valence-corrected chi connectivity index (χ0v) is 17.7. The zero-order valence-electron chi connectivity index (χ0n) is 17.7. The van der Waals surface area contributed by atoms with Crippen molar-refractivity contribution in [3.05, 3.63) is 34.4 Å². The summed E-state index contributed by atoms with van der Waals surface area (Å²) in [6.45, 7) is 8.67. The Morgan fingerprint density at radius 1 is 1.17 bits per heavy atom. The molecular weight excluding hydrogens is 388 g/mol. The molecule has 1 N–H and O–H groups in total. The molecule has 1 amide bonds. The van der Waals surface area contributed by atoms with Gasteiger partial charge in [-0.05, 0) is 38.8 Å². The number of rotatable bonds is 6. The molecule has 0 spiro atoms. The molecule has 2 aliphatic rings. The summed E-state index contributed by atoms with van der Waals surface area (Å²) in [5, 5.41) is 10.8. The normalized spacial score (nSPS) is 19.4. The van der Waals surface area contributed by atoms with Crippen LogP contribution in [0.25, 0.3) is 0 Å². The highest BCUT2D eigenvalue weighted by atomic mass is 16.6. The predicted molar refractivity (Wildman–Crippen MR) is 111 cm³/mol. The van der Waals surface area contributed by atoms with Crippen LogP contribution in [0.4, 0.5) is 11.4 Å². The van der Waals surface area contributed by atoms with E-state index in [-0.39, 0.29) is 29.5 Å². The second kappa shape index (κ2) is 9.88. The fraction of sp³-hybridized carbons (Fsp3) is 0.619. The number of carbonyl (C=O) groups excluding carboxylic acids is 2. The summed E-state index contributed by atoms with van der Waals surface area (Å²) in [6, 6.07) is 6.50. The Morgan fingerprint density at radius 2 is 1.77 bits per heavy atom. The van der Waals surface area contributed by atoms with E-state index < -0.39 is 4.92 Å². The number of nitro benzene ring substituents is 1. The largest absolute Gasteiger partial charge is 0.466 e. The van der Waals surface area contributed by atoms with Crippen LogP contribution in [0.2, 0.25) is 0 Å². The summed E-state index contributed by atoms with van der Waals surface area (Å²) in [5.41, 5.74) is 1.06. The molecule has 2 heterocycles. The van der Waals surface area contributed by atoms with Gasteiger partial charge < -0.3 is 19.4 Å². The standard InChI is InChI=1S/C21H30N4O5/c1-3-30-21(27)17-8-10-24(11-9-17)20(26)16(2)22-12-14-23(15-13-22)18-4-6-19(7-5-18)25(28)29/h4-7,16-17H,3,8-15H2,1-2H3/p+1/t16-/m0/s1. The first-order valence-electron chi connectivity index (χ1n) is 10.7. The third-order valence-corrected chi connectivity index (χ3v) is 6.24. The van der Waals surface area contributed by atoms with Crippen LogP contribution in [-0.2, 0) is 14.3 Å². The van der Waals surface area contributed by atoms with Crippen LogP contribution in [0.1, 0.15) is 26.7 Å². The highest BCUT2D eigenvalue weighted by Gasteiger charge is 2.35. The molecule has 1 atom stereocenters. The number of piperazine rings is 1. The van der Waals surface area contributed by atoms with E-state index in [9.17, 15) is 19.7 Å². The summed E-state index contributed by atoms with van der Waals surface area (Å²) in [6.07, 6.45) is 1.33. The van der Waals surface area contributed by atoms with Crippen molar-refractivity contribution < 1.29 is 24.1 Å². The topological polar surface area (TPSA) is 97.4 Å². The van der Waals surface area contributed by atoms with Crippen LogP contribution < -0.4 is 9.80 Å². The number of ether oxygens (including phenoxy) is 1. The van der Waals surface area contributed by atoms with E-state index >= 15 is 0 Å². The highest BCUT2D eigenvalue weighted by Crippen LogP contribution is 2.20. The summed E-state index contributed by atoms with van der Waals surface area (Å²) in [5.74, 6) is -0.0939. The van der Waals surface area contributed by atoms with E-state index in [1.807, 2.05) is 18.7 Å². The summed E-state index contributed by atoms with van der Waals surface area (Å²) in [7, 11) is 0. The summed E-state index contributed by atoms with van der Waals surface area (Å²) < 4.78 is 5.10. The fourth-order valence-electron chi connectivity index (χ4n) is 4.31. The molecule has 3 rings (SSSR count). The molecule has 1 aromatic rings. The van der Waals surface area contributed by atoms with Crippen molar-refractivity contribution in [3.63, 3.8) is 0 Å². The molecule has 2 saturated heterocycles. The van der Waals surface area contributed by atoms with Gasteiger partial charge in [-0.1, -0.05) is 0 Å². The van der Waals surface area contributed by atoms with Crippen molar-refractivity contribution in [1.82, 2.24) is 4.90 Å². The molecule has 0 unspecified atom stereocenters. The number of anilines is 1. The number of piperidine rings is 1. The van der Waals surface area contributed by atoms with Gasteiger partial charge >= 0.3 is 5.97 Å². The molecule has 0 saturated carbocycles. The van der Waals surface area contributed by atoms with E-state index in [1.165, 1.54) is 17.0 Å². The Labute approximate surface area is 176 Å². The smallest absolute Gasteiger partial charge is 0.309 e. The van der Waals surface area contributed by atoms with E-state index in [0.717, 1.165) is 31.9 Å². The molecule has 0 radical (unpaired) electrons. The van der Waals surface area contributed by atoms with Crippen molar-refractivity contribution in [3.8, 4) is 0 Å². The average Bonchev–Trinajstić information content (AvgIpc) is 2.78. The molecule has 30 heavy (non-hydrogen) atoms. The number of hydrogen-bond donors (Lipinski definition) is 1. The first kappa shape index (κ1) is 22.0. The van der Waals surface area contributed by atoms with Crippen LogP contribution in [-0.4, -0.2) is 73.6 Å². The van der Waals surface area contributed by atoms with Gasteiger partial charge in [0.15, 0.2) is 6.04 Å². The minimum atomic E-state index is -0.394. The Bertz CT molecular complexity index is 753. The van der Waals surface area contributed by atoms with Crippen LogP contribution in [0.3, 0.4) is 0 Å². The van der Waals surface area contributed by atoms with Crippen molar-refractivity contribution >= 4 is 23.3 Å². The van der Waals surface area contributed by atoms with Gasteiger partial charge in [-0.25, -0.2) is 0 Å². The molecule has 1 aromatic carbocycles. The number of benzene rings is 1. The Hall–Kier alpha value is -2.68. The lowest BCUT2D eigenvalue weighted by atomic mass is 9.96. The number of amides is 1. The molecular formula is C21H31N4O5+. The minimum Gasteiger partial charge on any atom is -0.466 e. The van der Waals surface area contributed by atoms with Crippen LogP contribution in [0.15, 0.2) is 24.3 Å². The Balaban J connectivity index is 1.48. The van der Waals surface area contributed by atoms with E-state index in [0.29, 0.717) is 32.5 Å². The van der Waals surface area contributed by atoms with Gasteiger partial charge in [-0.3, -0.25) is 19.7 Å². The van der Waals surface area contributed by atoms with Crippen molar-refractivity contribution in [2.45, 2.75) is 32.7 Å². The maximum Gasteiger partial charge on any atom is 0.309 e. The van der Waals surface area contributed by atoms with Gasteiger partial charge in [0, 0.05) is 30.9 Å². The Morgan fingerprint density at radius 3 is 2.30 bits per heavy atom. The quantitative estimate of drug-likeness (QED) is 0.410. The zero-order chi connectivity index (χ0) is 21.7. The number of quaternary nitrogens is 1. The number of hydrogen-bond acceptors (Lipinski definition) is 6. The third-order valence-electron chi connectivity index (χ3n) is 6.24. The van der Waals surface area contributed by atoms with Gasteiger partial charge in [-0.15, -0.1) is 0 Å². The van der Waals surface area contributed by atoms with Gasteiger partial charge in [0.1, 0.15) is 0 Å². The third kappa shape index (κ3) is 5.08. The second-order valence-corrected chi connectivity index (χ2v) is 7.99. The Kier molecular flexibility index (Phi) is 7.25. The van der Waals surface area contributed by atoms with Crippen molar-refractivity contribution in [2.75, 3.05) is 50.8 Å². The SMILES string of the molecule is CCOC(=O)C1CCN(C(=O)[C@H](C)[NH+]2CCN(c3ccc([N+](=O)[O-])cc3)CC2)CC1. The highest BCUT2D eigenvalue weighted by molar-refractivity contribution is 5.80. The lowest BCUT2D eigenvalue weighted by molar-refractivity contribution is -0.915. The molecule has 0 aromatic heterocycles. The second-order valence-electron chi connectivity index (χ2n) is 7.99. The van der Waals surface area contributed by atoms with Crippen LogP contribution in [0.5, 0.6) is 0 Å². The number of nitrogens with zero attached hydrogens (tertiary/aromatic N) is 3. The molecule has 0 bridgehead atoms. The molecule has 2 fully saturated rings. The van der Waals surface area contributed by atoms with Crippen molar-refractivity contribution in [1.29, 1.82) is 0 Å². The maximum atomic E-state index is 13.0. The van der Waals surface area contributed by atoms with Gasteiger partial charge in [0.05, 0.1) is 43.6 Å². The van der Waals surface area contributed by atoms with E-state index in [1.54, 1.807) is 12.1 Å². The first-order chi connectivity index (χ1) is 14.4. The van der Waals surface area contributed by atoms with Crippen molar-refractivity contribution in [2.24, 2.45) is 5.92 Å². The number of carbonyl (C=O) groups is 2. The number of esters is 1. The van der Waals surface area contributed by atoms with Crippen LogP contribution >= 0.6 is 0 Å². The van der Waals surface area contributed by atoms with Gasteiger partial charge in [0.25, 0.3) is 11.6 Å². The molecule has 9 nitrogen and oxygen atoms in total. The first-order valence-corrected chi connectivity index (χ1v) is 10.7. The molecule has 9 heteroatoms. The van der Waals surface area contributed by atoms with Gasteiger partial charge in [0.2, 0.25) is 0 Å². The fourth-order valence-corrected chi connectivity index (χ4v) is 4.31. The summed E-state index contributed by atoms with van der Waals surface area (Å²) in [4.78, 5) is 40.6.